The number of pyridine rings is 1. The lowest BCUT2D eigenvalue weighted by atomic mass is 9.99. The number of rotatable bonds is 1. The first-order chi connectivity index (χ1) is 9.65. The predicted molar refractivity (Wildman–Crippen MR) is 78.5 cm³/mol. The molecule has 0 radical (unpaired) electrons. The molecule has 2 aromatic rings. The molecule has 0 aliphatic carbocycles. The first kappa shape index (κ1) is 13.1. The number of carbonyl (C=O) groups is 1. The van der Waals surface area contributed by atoms with Gasteiger partial charge in [0, 0.05) is 19.3 Å². The standard InChI is InChI=1S/C15H13BrN2O2/c16-14-13(2-1-6-17-14)15(20)18-7-5-10-3-4-12(19)8-11(10)9-18/h1-4,6,8,19H,5,7,9H2. The summed E-state index contributed by atoms with van der Waals surface area (Å²) in [7, 11) is 0. The van der Waals surface area contributed by atoms with Gasteiger partial charge in [0.05, 0.1) is 5.56 Å². The lowest BCUT2D eigenvalue weighted by Crippen LogP contribution is -2.36. The van der Waals surface area contributed by atoms with Crippen molar-refractivity contribution in [2.75, 3.05) is 6.54 Å². The molecule has 102 valence electrons. The Balaban J connectivity index is 1.87. The van der Waals surface area contributed by atoms with Crippen LogP contribution >= 0.6 is 15.9 Å². The second-order valence-electron chi connectivity index (χ2n) is 4.77. The number of nitrogens with zero attached hydrogens (tertiary/aromatic N) is 2. The smallest absolute Gasteiger partial charge is 0.256 e. The summed E-state index contributed by atoms with van der Waals surface area (Å²) in [5.74, 6) is 0.194. The molecular formula is C15H13BrN2O2. The van der Waals surface area contributed by atoms with Crippen LogP contribution in [0, 0.1) is 0 Å². The van der Waals surface area contributed by atoms with Crippen molar-refractivity contribution in [3.8, 4) is 5.75 Å². The van der Waals surface area contributed by atoms with Gasteiger partial charge in [-0.1, -0.05) is 6.07 Å². The minimum absolute atomic E-state index is 0.0426. The van der Waals surface area contributed by atoms with Gasteiger partial charge in [-0.15, -0.1) is 0 Å². The quantitative estimate of drug-likeness (QED) is 0.817. The van der Waals surface area contributed by atoms with Crippen molar-refractivity contribution in [3.05, 3.63) is 57.8 Å². The molecule has 4 nitrogen and oxygen atoms in total. The van der Waals surface area contributed by atoms with Crippen LogP contribution in [0.2, 0.25) is 0 Å². The van der Waals surface area contributed by atoms with E-state index in [2.05, 4.69) is 20.9 Å². The van der Waals surface area contributed by atoms with Crippen LogP contribution in [-0.4, -0.2) is 27.4 Å². The van der Waals surface area contributed by atoms with E-state index in [0.717, 1.165) is 12.0 Å². The molecule has 1 aliphatic rings. The Hall–Kier alpha value is -1.88. The molecule has 0 bridgehead atoms. The van der Waals surface area contributed by atoms with Gasteiger partial charge in [0.15, 0.2) is 0 Å². The fraction of sp³-hybridized carbons (Fsp3) is 0.200. The number of hydrogen-bond donors (Lipinski definition) is 1. The van der Waals surface area contributed by atoms with E-state index >= 15 is 0 Å². The zero-order valence-electron chi connectivity index (χ0n) is 10.7. The van der Waals surface area contributed by atoms with Crippen LogP contribution in [0.3, 0.4) is 0 Å². The van der Waals surface area contributed by atoms with Crippen molar-refractivity contribution in [2.24, 2.45) is 0 Å². The summed E-state index contributed by atoms with van der Waals surface area (Å²) in [6.45, 7) is 1.20. The zero-order chi connectivity index (χ0) is 14.1. The van der Waals surface area contributed by atoms with Crippen LogP contribution in [0.1, 0.15) is 21.5 Å². The van der Waals surface area contributed by atoms with Crippen molar-refractivity contribution in [1.29, 1.82) is 0 Å². The second-order valence-corrected chi connectivity index (χ2v) is 5.52. The maximum Gasteiger partial charge on any atom is 0.256 e. The Morgan fingerprint density at radius 2 is 2.15 bits per heavy atom. The number of aromatic hydroxyl groups is 1. The molecule has 2 heterocycles. The molecule has 0 saturated heterocycles. The Morgan fingerprint density at radius 1 is 1.30 bits per heavy atom. The summed E-state index contributed by atoms with van der Waals surface area (Å²) in [6, 6.07) is 8.85. The molecule has 1 aromatic heterocycles. The highest BCUT2D eigenvalue weighted by Gasteiger charge is 2.23. The van der Waals surface area contributed by atoms with Crippen LogP contribution in [-0.2, 0) is 13.0 Å². The first-order valence-electron chi connectivity index (χ1n) is 6.36. The van der Waals surface area contributed by atoms with Crippen LogP contribution in [0.4, 0.5) is 0 Å². The molecule has 1 amide bonds. The SMILES string of the molecule is O=C(c1cccnc1Br)N1CCc2ccc(O)cc2C1. The number of aromatic nitrogens is 1. The fourth-order valence-electron chi connectivity index (χ4n) is 2.43. The Kier molecular flexibility index (Phi) is 3.44. The average molecular weight is 333 g/mol. The average Bonchev–Trinajstić information content (AvgIpc) is 2.46. The van der Waals surface area contributed by atoms with Gasteiger partial charge in [-0.2, -0.15) is 0 Å². The number of fused-ring (bicyclic) bond motifs is 1. The minimum Gasteiger partial charge on any atom is -0.508 e. The van der Waals surface area contributed by atoms with Crippen molar-refractivity contribution in [2.45, 2.75) is 13.0 Å². The van der Waals surface area contributed by atoms with Crippen molar-refractivity contribution in [3.63, 3.8) is 0 Å². The summed E-state index contributed by atoms with van der Waals surface area (Å²) in [6.07, 6.45) is 2.45. The number of amides is 1. The number of carbonyl (C=O) groups excluding carboxylic acids is 1. The highest BCUT2D eigenvalue weighted by atomic mass is 79.9. The second kappa shape index (κ2) is 5.25. The van der Waals surface area contributed by atoms with E-state index < -0.39 is 0 Å². The maximum absolute atomic E-state index is 12.5. The van der Waals surface area contributed by atoms with Gasteiger partial charge in [-0.3, -0.25) is 4.79 Å². The third kappa shape index (κ3) is 2.41. The maximum atomic E-state index is 12.5. The topological polar surface area (TPSA) is 53.4 Å². The highest BCUT2D eigenvalue weighted by Crippen LogP contribution is 2.25. The fourth-order valence-corrected chi connectivity index (χ4v) is 2.85. The molecule has 0 atom stereocenters. The third-order valence-corrected chi connectivity index (χ3v) is 4.11. The van der Waals surface area contributed by atoms with E-state index in [1.165, 1.54) is 5.56 Å². The van der Waals surface area contributed by atoms with E-state index in [1.54, 1.807) is 35.4 Å². The normalized spacial score (nSPS) is 13.9. The highest BCUT2D eigenvalue weighted by molar-refractivity contribution is 9.10. The monoisotopic (exact) mass is 332 g/mol. The predicted octanol–water partition coefficient (Wildman–Crippen LogP) is 2.75. The van der Waals surface area contributed by atoms with E-state index in [1.807, 2.05) is 6.07 Å². The Bertz CT molecular complexity index is 673. The molecule has 1 aliphatic heterocycles. The van der Waals surface area contributed by atoms with Crippen molar-refractivity contribution in [1.82, 2.24) is 9.88 Å². The number of hydrogen-bond acceptors (Lipinski definition) is 3. The third-order valence-electron chi connectivity index (χ3n) is 3.48. The number of halogens is 1. The Morgan fingerprint density at radius 3 is 2.95 bits per heavy atom. The number of phenolic OH excluding ortho intramolecular Hbond substituents is 1. The summed E-state index contributed by atoms with van der Waals surface area (Å²) in [5, 5.41) is 9.55. The molecule has 1 aromatic carbocycles. The molecule has 0 fully saturated rings. The van der Waals surface area contributed by atoms with Gasteiger partial charge in [0.1, 0.15) is 10.4 Å². The molecular weight excluding hydrogens is 320 g/mol. The van der Waals surface area contributed by atoms with Gasteiger partial charge in [-0.05, 0) is 57.7 Å². The van der Waals surface area contributed by atoms with Gasteiger partial charge >= 0.3 is 0 Å². The van der Waals surface area contributed by atoms with E-state index in [0.29, 0.717) is 23.3 Å². The lowest BCUT2D eigenvalue weighted by Gasteiger charge is -2.29. The van der Waals surface area contributed by atoms with Crippen molar-refractivity contribution < 1.29 is 9.90 Å². The Labute approximate surface area is 125 Å². The van der Waals surface area contributed by atoms with E-state index in [-0.39, 0.29) is 11.7 Å². The first-order valence-corrected chi connectivity index (χ1v) is 7.15. The molecule has 1 N–H and O–H groups in total. The van der Waals surface area contributed by atoms with Crippen LogP contribution in [0.25, 0.3) is 0 Å². The molecule has 3 rings (SSSR count). The summed E-state index contributed by atoms with van der Waals surface area (Å²) in [4.78, 5) is 18.4. The van der Waals surface area contributed by atoms with Crippen molar-refractivity contribution >= 4 is 21.8 Å². The van der Waals surface area contributed by atoms with Crippen LogP contribution < -0.4 is 0 Å². The van der Waals surface area contributed by atoms with Gasteiger partial charge in [-0.25, -0.2) is 4.98 Å². The summed E-state index contributed by atoms with van der Waals surface area (Å²) in [5.41, 5.74) is 2.76. The largest absolute Gasteiger partial charge is 0.508 e. The molecule has 20 heavy (non-hydrogen) atoms. The number of phenols is 1. The molecule has 0 spiro atoms. The van der Waals surface area contributed by atoms with Gasteiger partial charge in [0.25, 0.3) is 5.91 Å². The summed E-state index contributed by atoms with van der Waals surface area (Å²) < 4.78 is 0.562. The van der Waals surface area contributed by atoms with Crippen LogP contribution in [0.15, 0.2) is 41.1 Å². The molecule has 0 unspecified atom stereocenters. The lowest BCUT2D eigenvalue weighted by molar-refractivity contribution is 0.0733. The van der Waals surface area contributed by atoms with Gasteiger partial charge in [0.2, 0.25) is 0 Å². The minimum atomic E-state index is -0.0426. The number of benzene rings is 1. The molecule has 5 heteroatoms. The zero-order valence-corrected chi connectivity index (χ0v) is 12.3. The van der Waals surface area contributed by atoms with E-state index in [4.69, 9.17) is 0 Å². The molecule has 0 saturated carbocycles. The van der Waals surface area contributed by atoms with E-state index in [9.17, 15) is 9.90 Å². The van der Waals surface area contributed by atoms with Gasteiger partial charge < -0.3 is 10.0 Å². The summed E-state index contributed by atoms with van der Waals surface area (Å²) >= 11 is 3.31. The van der Waals surface area contributed by atoms with Crippen LogP contribution in [0.5, 0.6) is 5.75 Å².